The van der Waals surface area contributed by atoms with Crippen molar-refractivity contribution in [2.45, 2.75) is 79.0 Å². The van der Waals surface area contributed by atoms with Gasteiger partial charge in [-0.25, -0.2) is 4.79 Å². The molecule has 0 aliphatic carbocycles. The second-order valence-corrected chi connectivity index (χ2v) is 12.5. The minimum Gasteiger partial charge on any atom is -0.457 e. The number of nitrogens with zero attached hydrogens (tertiary/aromatic N) is 2. The predicted molar refractivity (Wildman–Crippen MR) is 188 cm³/mol. The Labute approximate surface area is 277 Å². The molecule has 1 aliphatic rings. The van der Waals surface area contributed by atoms with E-state index in [1.165, 1.54) is 11.3 Å². The van der Waals surface area contributed by atoms with E-state index in [-0.39, 0.29) is 24.1 Å². The van der Waals surface area contributed by atoms with Crippen molar-refractivity contribution in [2.75, 3.05) is 23.7 Å². The van der Waals surface area contributed by atoms with Crippen LogP contribution in [0.2, 0.25) is 0 Å². The molecule has 9 nitrogen and oxygen atoms in total. The zero-order valence-corrected chi connectivity index (χ0v) is 28.1. The van der Waals surface area contributed by atoms with Crippen LogP contribution in [0, 0.1) is 20.8 Å². The molecule has 3 aromatic carbocycles. The molecular formula is C38H47N5O4. The summed E-state index contributed by atoms with van der Waals surface area (Å²) in [7, 11) is 0. The SMILES string of the molecule is CCC(CC)NC(=O)Nc1ccc(Oc2ccc(NC(=O)c3ccc(-n4c(C)cc(CN5CCC(O)CC5)c4C)cc3)cc2C)cc1. The first kappa shape index (κ1) is 33.8. The second kappa shape index (κ2) is 15.3. The molecule has 0 atom stereocenters. The Morgan fingerprint density at radius 1 is 0.872 bits per heavy atom. The van der Waals surface area contributed by atoms with Crippen LogP contribution in [-0.4, -0.2) is 51.7 Å². The molecule has 3 amide bonds. The van der Waals surface area contributed by atoms with Crippen molar-refractivity contribution in [3.63, 3.8) is 0 Å². The maximum absolute atomic E-state index is 13.1. The van der Waals surface area contributed by atoms with Crippen molar-refractivity contribution < 1.29 is 19.4 Å². The summed E-state index contributed by atoms with van der Waals surface area (Å²) >= 11 is 0. The first-order chi connectivity index (χ1) is 22.6. The first-order valence-electron chi connectivity index (χ1n) is 16.6. The van der Waals surface area contributed by atoms with E-state index in [9.17, 15) is 14.7 Å². The lowest BCUT2D eigenvalue weighted by molar-refractivity contribution is 0.0791. The lowest BCUT2D eigenvalue weighted by Gasteiger charge is -2.29. The number of aromatic nitrogens is 1. The second-order valence-electron chi connectivity index (χ2n) is 12.5. The lowest BCUT2D eigenvalue weighted by atomic mass is 10.1. The van der Waals surface area contributed by atoms with Crippen LogP contribution in [0.25, 0.3) is 5.69 Å². The summed E-state index contributed by atoms with van der Waals surface area (Å²) < 4.78 is 8.31. The van der Waals surface area contributed by atoms with Gasteiger partial charge in [-0.05, 0) is 130 Å². The summed E-state index contributed by atoms with van der Waals surface area (Å²) in [6.07, 6.45) is 3.25. The molecule has 0 radical (unpaired) electrons. The van der Waals surface area contributed by atoms with Crippen LogP contribution >= 0.6 is 0 Å². The van der Waals surface area contributed by atoms with Crippen molar-refractivity contribution >= 4 is 23.3 Å². The minimum absolute atomic E-state index is 0.152. The van der Waals surface area contributed by atoms with Crippen LogP contribution < -0.4 is 20.7 Å². The van der Waals surface area contributed by atoms with Crippen LogP contribution in [0.5, 0.6) is 11.5 Å². The largest absolute Gasteiger partial charge is 0.457 e. The molecule has 2 heterocycles. The number of anilines is 2. The molecule has 0 bridgehead atoms. The predicted octanol–water partition coefficient (Wildman–Crippen LogP) is 7.71. The Morgan fingerprint density at radius 3 is 2.17 bits per heavy atom. The molecule has 1 aromatic heterocycles. The third kappa shape index (κ3) is 8.61. The summed E-state index contributed by atoms with van der Waals surface area (Å²) in [6.45, 7) is 13.0. The quantitative estimate of drug-likeness (QED) is 0.135. The van der Waals surface area contributed by atoms with Gasteiger partial charge in [-0.2, -0.15) is 0 Å². The van der Waals surface area contributed by atoms with Gasteiger partial charge >= 0.3 is 6.03 Å². The van der Waals surface area contributed by atoms with Crippen LogP contribution in [0.3, 0.4) is 0 Å². The van der Waals surface area contributed by atoms with Gasteiger partial charge in [-0.15, -0.1) is 0 Å². The minimum atomic E-state index is -0.219. The maximum atomic E-state index is 13.1. The van der Waals surface area contributed by atoms with Crippen molar-refractivity contribution in [2.24, 2.45) is 0 Å². The Kier molecular flexibility index (Phi) is 11.0. The molecule has 47 heavy (non-hydrogen) atoms. The Hall–Kier alpha value is -4.60. The normalized spacial score (nSPS) is 13.9. The molecule has 248 valence electrons. The van der Waals surface area contributed by atoms with Gasteiger partial charge in [0, 0.05) is 59.7 Å². The van der Waals surface area contributed by atoms with Crippen LogP contribution in [-0.2, 0) is 6.54 Å². The summed E-state index contributed by atoms with van der Waals surface area (Å²) in [5.41, 5.74) is 7.45. The van der Waals surface area contributed by atoms with Crippen LogP contribution in [0.1, 0.15) is 72.4 Å². The highest BCUT2D eigenvalue weighted by atomic mass is 16.5. The smallest absolute Gasteiger partial charge is 0.319 e. The third-order valence-corrected chi connectivity index (χ3v) is 8.97. The van der Waals surface area contributed by atoms with E-state index in [2.05, 4.69) is 59.2 Å². The molecule has 4 aromatic rings. The van der Waals surface area contributed by atoms with Gasteiger partial charge < -0.3 is 30.4 Å². The molecule has 0 spiro atoms. The van der Waals surface area contributed by atoms with Gasteiger partial charge in [-0.1, -0.05) is 13.8 Å². The fourth-order valence-electron chi connectivity index (χ4n) is 6.09. The van der Waals surface area contributed by atoms with E-state index in [0.29, 0.717) is 28.4 Å². The Balaban J connectivity index is 1.17. The highest BCUT2D eigenvalue weighted by Gasteiger charge is 2.20. The first-order valence-corrected chi connectivity index (χ1v) is 16.6. The van der Waals surface area contributed by atoms with Gasteiger partial charge in [0.25, 0.3) is 5.91 Å². The number of carbonyl (C=O) groups excluding carboxylic acids is 2. The number of aryl methyl sites for hydroxylation is 2. The monoisotopic (exact) mass is 637 g/mol. The van der Waals surface area contributed by atoms with E-state index >= 15 is 0 Å². The fourth-order valence-corrected chi connectivity index (χ4v) is 6.09. The average Bonchev–Trinajstić information content (AvgIpc) is 3.34. The molecule has 4 N–H and O–H groups in total. The van der Waals surface area contributed by atoms with E-state index in [1.807, 2.05) is 61.5 Å². The molecule has 1 saturated heterocycles. The third-order valence-electron chi connectivity index (χ3n) is 8.97. The van der Waals surface area contributed by atoms with Gasteiger partial charge in [0.05, 0.1) is 6.10 Å². The number of aliphatic hydroxyl groups is 1. The van der Waals surface area contributed by atoms with Crippen molar-refractivity contribution in [1.29, 1.82) is 0 Å². The lowest BCUT2D eigenvalue weighted by Crippen LogP contribution is -2.37. The van der Waals surface area contributed by atoms with Crippen molar-refractivity contribution in [3.8, 4) is 17.2 Å². The number of carbonyl (C=O) groups is 2. The Bertz CT molecular complexity index is 1670. The standard InChI is InChI=1S/C38H47N5O4/c1-6-30(7-2)40-38(46)41-31-10-15-35(16-11-31)47-36-17-12-32(22-25(36)3)39-37(45)28-8-13-33(14-9-28)43-26(4)23-29(27(43)5)24-42-20-18-34(44)19-21-42/h8-17,22-23,30,34,44H,6-7,18-21,24H2,1-5H3,(H,39,45)(H2,40,41,46). The fraction of sp³-hybridized carbons (Fsp3) is 0.368. The van der Waals surface area contributed by atoms with E-state index < -0.39 is 0 Å². The van der Waals surface area contributed by atoms with Gasteiger partial charge in [0.2, 0.25) is 0 Å². The molecule has 9 heteroatoms. The van der Waals surface area contributed by atoms with Crippen molar-refractivity contribution in [1.82, 2.24) is 14.8 Å². The number of benzene rings is 3. The zero-order chi connectivity index (χ0) is 33.5. The number of ether oxygens (including phenoxy) is 1. The summed E-state index contributed by atoms with van der Waals surface area (Å²) in [4.78, 5) is 27.8. The molecule has 1 aliphatic heterocycles. The Morgan fingerprint density at radius 2 is 1.53 bits per heavy atom. The summed E-state index contributed by atoms with van der Waals surface area (Å²) in [5.74, 6) is 1.13. The number of amides is 3. The topological polar surface area (TPSA) is 108 Å². The molecule has 0 saturated carbocycles. The van der Waals surface area contributed by atoms with E-state index in [4.69, 9.17) is 4.74 Å². The van der Waals surface area contributed by atoms with Crippen LogP contribution in [0.4, 0.5) is 16.2 Å². The van der Waals surface area contributed by atoms with Crippen LogP contribution in [0.15, 0.2) is 72.8 Å². The van der Waals surface area contributed by atoms with E-state index in [0.717, 1.165) is 62.3 Å². The summed E-state index contributed by atoms with van der Waals surface area (Å²) in [5, 5.41) is 18.7. The van der Waals surface area contributed by atoms with Gasteiger partial charge in [0.1, 0.15) is 11.5 Å². The molecule has 1 fully saturated rings. The highest BCUT2D eigenvalue weighted by molar-refractivity contribution is 6.04. The van der Waals surface area contributed by atoms with E-state index in [1.54, 1.807) is 12.1 Å². The number of aliphatic hydroxyl groups excluding tert-OH is 1. The number of hydrogen-bond acceptors (Lipinski definition) is 5. The number of hydrogen-bond donors (Lipinski definition) is 4. The van der Waals surface area contributed by atoms with Crippen molar-refractivity contribution in [3.05, 3.63) is 101 Å². The zero-order valence-electron chi connectivity index (χ0n) is 28.1. The van der Waals surface area contributed by atoms with Gasteiger partial charge in [0.15, 0.2) is 0 Å². The number of likely N-dealkylation sites (tertiary alicyclic amines) is 1. The molecule has 5 rings (SSSR count). The number of urea groups is 1. The highest BCUT2D eigenvalue weighted by Crippen LogP contribution is 2.29. The summed E-state index contributed by atoms with van der Waals surface area (Å²) in [6, 6.07) is 22.6. The number of nitrogens with one attached hydrogen (secondary N) is 3. The average molecular weight is 638 g/mol. The number of piperidine rings is 1. The number of rotatable bonds is 11. The van der Waals surface area contributed by atoms with Gasteiger partial charge in [-0.3, -0.25) is 9.69 Å². The molecular weight excluding hydrogens is 590 g/mol. The maximum Gasteiger partial charge on any atom is 0.319 e. The molecule has 0 unspecified atom stereocenters.